The van der Waals surface area contributed by atoms with Crippen LogP contribution in [-0.2, 0) is 13.1 Å². The monoisotopic (exact) mass is 375 g/mol. The van der Waals surface area contributed by atoms with Gasteiger partial charge in [-0.2, -0.15) is 5.10 Å². The summed E-state index contributed by atoms with van der Waals surface area (Å²) >= 11 is 0. The molecule has 1 N–H and O–H groups in total. The number of anilines is 1. The van der Waals surface area contributed by atoms with Gasteiger partial charge in [-0.1, -0.05) is 18.2 Å². The van der Waals surface area contributed by atoms with E-state index in [2.05, 4.69) is 15.4 Å². The van der Waals surface area contributed by atoms with Gasteiger partial charge in [0.2, 0.25) is 0 Å². The Kier molecular flexibility index (Phi) is 4.83. The fraction of sp³-hybridized carbons (Fsp3) is 0.100. The molecule has 28 heavy (non-hydrogen) atoms. The van der Waals surface area contributed by atoms with Gasteiger partial charge in [0.25, 0.3) is 11.5 Å². The lowest BCUT2D eigenvalue weighted by molar-refractivity contribution is 0.0994. The number of hydrogen-bond acceptors (Lipinski definition) is 5. The highest BCUT2D eigenvalue weighted by Gasteiger charge is 2.12. The van der Waals surface area contributed by atoms with E-state index in [0.29, 0.717) is 18.0 Å². The molecule has 0 aliphatic heterocycles. The first-order chi connectivity index (χ1) is 13.7. The lowest BCUT2D eigenvalue weighted by Gasteiger charge is -2.06. The van der Waals surface area contributed by atoms with Gasteiger partial charge in [-0.15, -0.1) is 0 Å². The molecule has 1 aromatic carbocycles. The number of amides is 1. The predicted octanol–water partition coefficient (Wildman–Crippen LogP) is 2.38. The van der Waals surface area contributed by atoms with Gasteiger partial charge >= 0.3 is 0 Å². The Morgan fingerprint density at radius 1 is 1.04 bits per heavy atom. The second-order valence-electron chi connectivity index (χ2n) is 6.18. The van der Waals surface area contributed by atoms with Crippen molar-refractivity contribution in [3.63, 3.8) is 0 Å². The van der Waals surface area contributed by atoms with Crippen LogP contribution in [0.1, 0.15) is 21.9 Å². The van der Waals surface area contributed by atoms with E-state index in [0.717, 1.165) is 5.56 Å². The number of pyridine rings is 1. The smallest absolute Gasteiger partial charge is 0.291 e. The number of carbonyl (C=O) groups excluding carboxylic acids is 1. The Morgan fingerprint density at radius 3 is 2.64 bits per heavy atom. The van der Waals surface area contributed by atoms with Crippen LogP contribution in [0.3, 0.4) is 0 Å². The fourth-order valence-electron chi connectivity index (χ4n) is 2.73. The summed E-state index contributed by atoms with van der Waals surface area (Å²) in [6, 6.07) is 15.7. The highest BCUT2D eigenvalue weighted by atomic mass is 16.4. The van der Waals surface area contributed by atoms with Crippen LogP contribution in [0.2, 0.25) is 0 Å². The third-order valence-corrected chi connectivity index (χ3v) is 4.13. The molecule has 0 fully saturated rings. The Morgan fingerprint density at radius 2 is 1.89 bits per heavy atom. The van der Waals surface area contributed by atoms with Crippen LogP contribution in [0.4, 0.5) is 5.69 Å². The van der Waals surface area contributed by atoms with Gasteiger partial charge in [-0.3, -0.25) is 9.59 Å². The molecule has 0 saturated carbocycles. The zero-order chi connectivity index (χ0) is 19.3. The molecule has 0 aliphatic carbocycles. The van der Waals surface area contributed by atoms with Crippen LogP contribution < -0.4 is 10.9 Å². The lowest BCUT2D eigenvalue weighted by Crippen LogP contribution is -2.18. The molecule has 4 aromatic rings. The maximum Gasteiger partial charge on any atom is 0.291 e. The Hall–Kier alpha value is -3.94. The van der Waals surface area contributed by atoms with Gasteiger partial charge in [0.05, 0.1) is 13.1 Å². The molecule has 8 heteroatoms. The number of rotatable bonds is 6. The number of hydrogen-bond donors (Lipinski definition) is 1. The lowest BCUT2D eigenvalue weighted by atomic mass is 10.2. The van der Waals surface area contributed by atoms with E-state index in [1.54, 1.807) is 41.5 Å². The number of carbonyl (C=O) groups is 1. The summed E-state index contributed by atoms with van der Waals surface area (Å²) in [5.74, 6) is 0.364. The van der Waals surface area contributed by atoms with E-state index < -0.39 is 0 Å². The van der Waals surface area contributed by atoms with Crippen LogP contribution >= 0.6 is 0 Å². The molecule has 0 unspecified atom stereocenters. The molecule has 0 atom stereocenters. The molecule has 140 valence electrons. The van der Waals surface area contributed by atoms with Gasteiger partial charge < -0.3 is 14.3 Å². The number of nitrogens with zero attached hydrogens (tertiary/aromatic N) is 4. The van der Waals surface area contributed by atoms with Crippen molar-refractivity contribution in [1.29, 1.82) is 0 Å². The number of nitrogens with one attached hydrogen (secondary N) is 1. The molecule has 0 aliphatic rings. The largest absolute Gasteiger partial charge is 0.454 e. The zero-order valence-electron chi connectivity index (χ0n) is 14.9. The van der Waals surface area contributed by atoms with Gasteiger partial charge in [0.1, 0.15) is 18.4 Å². The molecule has 0 saturated heterocycles. The van der Waals surface area contributed by atoms with Crippen molar-refractivity contribution < 1.29 is 9.21 Å². The van der Waals surface area contributed by atoms with Crippen molar-refractivity contribution in [3.05, 3.63) is 101 Å². The quantitative estimate of drug-likeness (QED) is 0.558. The number of aromatic nitrogens is 4. The molecule has 0 spiro atoms. The Bertz CT molecular complexity index is 1130. The van der Waals surface area contributed by atoms with Crippen LogP contribution in [0, 0.1) is 0 Å². The third-order valence-electron chi connectivity index (χ3n) is 4.13. The highest BCUT2D eigenvalue weighted by molar-refractivity contribution is 6.02. The average molecular weight is 375 g/mol. The molecule has 8 nitrogen and oxygen atoms in total. The summed E-state index contributed by atoms with van der Waals surface area (Å²) in [7, 11) is 0. The minimum atomic E-state index is -0.351. The Balaban J connectivity index is 1.39. The number of benzene rings is 1. The first-order valence-electron chi connectivity index (χ1n) is 8.64. The highest BCUT2D eigenvalue weighted by Crippen LogP contribution is 2.14. The van der Waals surface area contributed by atoms with Crippen molar-refractivity contribution in [2.75, 3.05) is 5.32 Å². The van der Waals surface area contributed by atoms with Gasteiger partial charge in [0, 0.05) is 18.0 Å². The molecular formula is C20H17N5O3. The van der Waals surface area contributed by atoms with Crippen LogP contribution in [0.15, 0.2) is 82.7 Å². The predicted molar refractivity (Wildman–Crippen MR) is 102 cm³/mol. The number of furan rings is 1. The first-order valence-corrected chi connectivity index (χ1v) is 8.64. The van der Waals surface area contributed by atoms with Crippen molar-refractivity contribution in [2.45, 2.75) is 13.1 Å². The zero-order valence-corrected chi connectivity index (χ0v) is 14.9. The summed E-state index contributed by atoms with van der Waals surface area (Å²) in [6.07, 6.45) is 4.81. The van der Waals surface area contributed by atoms with Crippen LogP contribution in [0.5, 0.6) is 0 Å². The van der Waals surface area contributed by atoms with E-state index >= 15 is 0 Å². The van der Waals surface area contributed by atoms with Gasteiger partial charge in [-0.05, 0) is 35.9 Å². The average Bonchev–Trinajstić information content (AvgIpc) is 3.37. The molecule has 4 rings (SSSR count). The van der Waals surface area contributed by atoms with Gasteiger partial charge in [0.15, 0.2) is 5.76 Å². The van der Waals surface area contributed by atoms with Crippen molar-refractivity contribution in [1.82, 2.24) is 19.3 Å². The first kappa shape index (κ1) is 17.5. The second-order valence-corrected chi connectivity index (χ2v) is 6.18. The normalized spacial score (nSPS) is 10.7. The van der Waals surface area contributed by atoms with Crippen LogP contribution in [-0.4, -0.2) is 25.2 Å². The minimum Gasteiger partial charge on any atom is -0.454 e. The van der Waals surface area contributed by atoms with Gasteiger partial charge in [-0.25, -0.2) is 9.67 Å². The summed E-state index contributed by atoms with van der Waals surface area (Å²) < 4.78 is 8.81. The topological polar surface area (TPSA) is 95.0 Å². The molecule has 3 heterocycles. The summed E-state index contributed by atoms with van der Waals surface area (Å²) in [5, 5.41) is 6.86. The standard InChI is InChI=1S/C20H17N5O3/c26-19-3-1-2-10-24(19)12-17-8-9-18(28-17)20(27)23-16-6-4-15(5-7-16)11-25-14-21-13-22-25/h1-10,13-14H,11-12H2,(H,23,27). The Labute approximate surface area is 160 Å². The van der Waals surface area contributed by atoms with E-state index in [1.807, 2.05) is 24.3 Å². The minimum absolute atomic E-state index is 0.129. The van der Waals surface area contributed by atoms with Crippen LogP contribution in [0.25, 0.3) is 0 Å². The van der Waals surface area contributed by atoms with Crippen molar-refractivity contribution in [2.24, 2.45) is 0 Å². The molecule has 1 amide bonds. The van der Waals surface area contributed by atoms with E-state index in [4.69, 9.17) is 4.42 Å². The summed E-state index contributed by atoms with van der Waals surface area (Å²) in [5.41, 5.74) is 1.57. The van der Waals surface area contributed by atoms with Crippen molar-refractivity contribution >= 4 is 11.6 Å². The summed E-state index contributed by atoms with van der Waals surface area (Å²) in [4.78, 5) is 28.1. The molecule has 3 aromatic heterocycles. The third kappa shape index (κ3) is 4.07. The second kappa shape index (κ2) is 7.75. The summed E-state index contributed by atoms with van der Waals surface area (Å²) in [6.45, 7) is 0.874. The molecule has 0 bridgehead atoms. The maximum absolute atomic E-state index is 12.4. The van der Waals surface area contributed by atoms with E-state index in [1.165, 1.54) is 17.0 Å². The molecular weight excluding hydrogens is 358 g/mol. The molecule has 0 radical (unpaired) electrons. The van der Waals surface area contributed by atoms with E-state index in [-0.39, 0.29) is 23.8 Å². The fourth-order valence-corrected chi connectivity index (χ4v) is 2.73. The maximum atomic E-state index is 12.4. The SMILES string of the molecule is O=C(Nc1ccc(Cn2cncn2)cc1)c1ccc(Cn2ccccc2=O)o1. The van der Waals surface area contributed by atoms with E-state index in [9.17, 15) is 9.59 Å². The van der Waals surface area contributed by atoms with Crippen molar-refractivity contribution in [3.8, 4) is 0 Å².